The first-order valence-electron chi connectivity index (χ1n) is 5.16. The van der Waals surface area contributed by atoms with Crippen molar-refractivity contribution in [1.29, 1.82) is 0 Å². The third-order valence-corrected chi connectivity index (χ3v) is 3.46. The van der Waals surface area contributed by atoms with Crippen LogP contribution in [-0.4, -0.2) is 36.0 Å². The molecular formula is C11H15NO3. The third kappa shape index (κ3) is 1.28. The number of ketones is 1. The van der Waals surface area contributed by atoms with Gasteiger partial charge in [-0.25, -0.2) is 4.79 Å². The number of nitrogens with zero attached hydrogens (tertiary/aromatic N) is 1. The lowest BCUT2D eigenvalue weighted by Gasteiger charge is -2.40. The first-order valence-corrected chi connectivity index (χ1v) is 5.16. The summed E-state index contributed by atoms with van der Waals surface area (Å²) in [5, 5.41) is 0. The zero-order chi connectivity index (χ0) is 11.2. The van der Waals surface area contributed by atoms with Crippen LogP contribution in [0.4, 0.5) is 4.79 Å². The molecule has 0 aliphatic carbocycles. The number of hydrogen-bond donors (Lipinski definition) is 0. The van der Waals surface area contributed by atoms with E-state index < -0.39 is 0 Å². The standard InChI is InChI=1S/C11H15NO3/c1-6-8-4-5-9(7(2)10(6)13)12(8)11(14)15-3/h4-9H,1-3H3/t6-,7+,8-,9+. The van der Waals surface area contributed by atoms with Crippen LogP contribution in [0, 0.1) is 11.8 Å². The molecule has 2 aliphatic rings. The molecule has 1 fully saturated rings. The van der Waals surface area contributed by atoms with Crippen molar-refractivity contribution < 1.29 is 14.3 Å². The summed E-state index contributed by atoms with van der Waals surface area (Å²) in [6.07, 6.45) is 3.53. The molecule has 0 aromatic carbocycles. The van der Waals surface area contributed by atoms with Crippen molar-refractivity contribution in [3.63, 3.8) is 0 Å². The Bertz CT molecular complexity index is 315. The van der Waals surface area contributed by atoms with E-state index in [0.717, 1.165) is 0 Å². The van der Waals surface area contributed by atoms with Crippen molar-refractivity contribution in [2.45, 2.75) is 25.9 Å². The molecule has 2 bridgehead atoms. The minimum Gasteiger partial charge on any atom is -0.453 e. The monoisotopic (exact) mass is 209 g/mol. The molecule has 82 valence electrons. The van der Waals surface area contributed by atoms with E-state index in [-0.39, 0.29) is 35.8 Å². The number of hydrogen-bond acceptors (Lipinski definition) is 3. The smallest absolute Gasteiger partial charge is 0.410 e. The Kier molecular flexibility index (Phi) is 2.29. The van der Waals surface area contributed by atoms with Crippen LogP contribution in [0.2, 0.25) is 0 Å². The van der Waals surface area contributed by atoms with Crippen molar-refractivity contribution in [2.24, 2.45) is 11.8 Å². The van der Waals surface area contributed by atoms with Crippen molar-refractivity contribution >= 4 is 11.9 Å². The maximum absolute atomic E-state index is 11.8. The average Bonchev–Trinajstić information content (AvgIpc) is 2.64. The highest BCUT2D eigenvalue weighted by Crippen LogP contribution is 2.35. The van der Waals surface area contributed by atoms with Crippen molar-refractivity contribution in [1.82, 2.24) is 4.90 Å². The second-order valence-corrected chi connectivity index (χ2v) is 4.22. The Morgan fingerprint density at radius 2 is 1.73 bits per heavy atom. The van der Waals surface area contributed by atoms with Gasteiger partial charge in [-0.15, -0.1) is 0 Å². The molecule has 2 heterocycles. The Labute approximate surface area is 88.9 Å². The number of carbonyl (C=O) groups is 2. The second kappa shape index (κ2) is 3.36. The van der Waals surface area contributed by atoms with Crippen LogP contribution in [0.5, 0.6) is 0 Å². The predicted octanol–water partition coefficient (Wildman–Crippen LogP) is 1.22. The number of rotatable bonds is 0. The lowest BCUT2D eigenvalue weighted by Crippen LogP contribution is -2.55. The molecule has 15 heavy (non-hydrogen) atoms. The quantitative estimate of drug-likeness (QED) is 0.563. The molecule has 0 saturated carbocycles. The highest BCUT2D eigenvalue weighted by molar-refractivity contribution is 5.88. The summed E-state index contributed by atoms with van der Waals surface area (Å²) in [6.45, 7) is 3.73. The zero-order valence-electron chi connectivity index (χ0n) is 9.14. The first-order chi connectivity index (χ1) is 7.07. The molecule has 4 nitrogen and oxygen atoms in total. The van der Waals surface area contributed by atoms with Crippen LogP contribution in [0.3, 0.4) is 0 Å². The van der Waals surface area contributed by atoms with E-state index in [9.17, 15) is 9.59 Å². The Morgan fingerprint density at radius 1 is 1.27 bits per heavy atom. The number of piperidine rings is 1. The molecule has 0 N–H and O–H groups in total. The van der Waals surface area contributed by atoms with Crippen molar-refractivity contribution in [2.75, 3.05) is 7.11 Å². The van der Waals surface area contributed by atoms with Gasteiger partial charge in [0.15, 0.2) is 0 Å². The predicted molar refractivity (Wildman–Crippen MR) is 54.3 cm³/mol. The number of fused-ring (bicyclic) bond motifs is 2. The Hall–Kier alpha value is -1.32. The van der Waals surface area contributed by atoms with E-state index in [2.05, 4.69) is 0 Å². The van der Waals surface area contributed by atoms with Gasteiger partial charge >= 0.3 is 6.09 Å². The van der Waals surface area contributed by atoms with Gasteiger partial charge in [-0.05, 0) is 0 Å². The molecule has 0 unspecified atom stereocenters. The molecule has 1 amide bonds. The summed E-state index contributed by atoms with van der Waals surface area (Å²) < 4.78 is 4.74. The summed E-state index contributed by atoms with van der Waals surface area (Å²) in [5.74, 6) is -0.0293. The fourth-order valence-corrected chi connectivity index (χ4v) is 2.53. The molecule has 0 aromatic heterocycles. The summed E-state index contributed by atoms with van der Waals surface area (Å²) in [7, 11) is 1.37. The lowest BCUT2D eigenvalue weighted by atomic mass is 9.83. The lowest BCUT2D eigenvalue weighted by molar-refractivity contribution is -0.132. The van der Waals surface area contributed by atoms with Gasteiger partial charge in [0.2, 0.25) is 0 Å². The molecule has 0 aromatic rings. The third-order valence-electron chi connectivity index (χ3n) is 3.46. The number of carbonyl (C=O) groups excluding carboxylic acids is 2. The number of amides is 1. The summed E-state index contributed by atoms with van der Waals surface area (Å²) in [5.41, 5.74) is 0. The molecule has 2 aliphatic heterocycles. The van der Waals surface area contributed by atoms with Crippen molar-refractivity contribution in [3.8, 4) is 0 Å². The molecule has 0 spiro atoms. The molecule has 4 heteroatoms. The van der Waals surface area contributed by atoms with Crippen LogP contribution in [0.1, 0.15) is 13.8 Å². The maximum atomic E-state index is 11.8. The van der Waals surface area contributed by atoms with Gasteiger partial charge in [0.25, 0.3) is 0 Å². The van der Waals surface area contributed by atoms with Gasteiger partial charge in [0.05, 0.1) is 19.2 Å². The zero-order valence-corrected chi connectivity index (χ0v) is 9.14. The van der Waals surface area contributed by atoms with Gasteiger partial charge in [0, 0.05) is 11.8 Å². The largest absolute Gasteiger partial charge is 0.453 e. The van der Waals surface area contributed by atoms with E-state index in [1.165, 1.54) is 7.11 Å². The Balaban J connectivity index is 2.32. The Morgan fingerprint density at radius 3 is 2.13 bits per heavy atom. The first kappa shape index (κ1) is 10.2. The van der Waals surface area contributed by atoms with Gasteiger partial charge in [-0.1, -0.05) is 26.0 Å². The van der Waals surface area contributed by atoms with E-state index in [0.29, 0.717) is 0 Å². The topological polar surface area (TPSA) is 46.6 Å². The second-order valence-electron chi connectivity index (χ2n) is 4.22. The fraction of sp³-hybridized carbons (Fsp3) is 0.636. The summed E-state index contributed by atoms with van der Waals surface area (Å²) in [6, 6.07) is -0.239. The van der Waals surface area contributed by atoms with Gasteiger partial charge in [-0.2, -0.15) is 0 Å². The maximum Gasteiger partial charge on any atom is 0.410 e. The minimum absolute atomic E-state index is 0.119. The van der Waals surface area contributed by atoms with Gasteiger partial charge in [0.1, 0.15) is 5.78 Å². The average molecular weight is 209 g/mol. The number of ether oxygens (including phenoxy) is 1. The van der Waals surface area contributed by atoms with Crippen LogP contribution in [0.15, 0.2) is 12.2 Å². The van der Waals surface area contributed by atoms with Crippen LogP contribution < -0.4 is 0 Å². The normalized spacial score (nSPS) is 38.3. The highest BCUT2D eigenvalue weighted by atomic mass is 16.5. The fourth-order valence-electron chi connectivity index (χ4n) is 2.53. The SMILES string of the molecule is COC(=O)N1[C@@H]2C=C[C@H]1[C@H](C)C(=O)[C@@H]2C. The van der Waals surface area contributed by atoms with E-state index in [1.807, 2.05) is 26.0 Å². The highest BCUT2D eigenvalue weighted by Gasteiger charge is 2.48. The number of Topliss-reactive ketones (excluding diaryl/α,β-unsaturated/α-hetero) is 1. The van der Waals surface area contributed by atoms with E-state index in [4.69, 9.17) is 4.74 Å². The number of methoxy groups -OCH3 is 1. The summed E-state index contributed by atoms with van der Waals surface area (Å²) >= 11 is 0. The van der Waals surface area contributed by atoms with E-state index >= 15 is 0 Å². The molecular weight excluding hydrogens is 194 g/mol. The van der Waals surface area contributed by atoms with Crippen LogP contribution in [-0.2, 0) is 9.53 Å². The minimum atomic E-state index is -0.346. The van der Waals surface area contributed by atoms with Crippen LogP contribution in [0.25, 0.3) is 0 Å². The van der Waals surface area contributed by atoms with Crippen LogP contribution >= 0.6 is 0 Å². The van der Waals surface area contributed by atoms with E-state index in [1.54, 1.807) is 4.90 Å². The molecule has 4 atom stereocenters. The van der Waals surface area contributed by atoms with Crippen molar-refractivity contribution in [3.05, 3.63) is 12.2 Å². The molecule has 0 radical (unpaired) electrons. The molecule has 2 rings (SSSR count). The summed E-state index contributed by atoms with van der Waals surface area (Å²) in [4.78, 5) is 25.1. The van der Waals surface area contributed by atoms with Gasteiger partial charge < -0.3 is 4.74 Å². The molecule has 1 saturated heterocycles. The van der Waals surface area contributed by atoms with Gasteiger partial charge in [-0.3, -0.25) is 9.69 Å².